The van der Waals surface area contributed by atoms with Gasteiger partial charge in [-0.25, -0.2) is 9.37 Å². The van der Waals surface area contributed by atoms with Crippen LogP contribution in [0.15, 0.2) is 42.5 Å². The topological polar surface area (TPSA) is 59.4 Å². The van der Waals surface area contributed by atoms with Gasteiger partial charge in [0, 0.05) is 35.8 Å². The van der Waals surface area contributed by atoms with Crippen LogP contribution in [0.25, 0.3) is 21.1 Å². The second-order valence-corrected chi connectivity index (χ2v) is 8.56. The third-order valence-electron chi connectivity index (χ3n) is 5.67. The number of ether oxygens (including phenoxy) is 1. The predicted octanol–water partition coefficient (Wildman–Crippen LogP) is 5.13. The van der Waals surface area contributed by atoms with Gasteiger partial charge in [-0.1, -0.05) is 32.0 Å². The Morgan fingerprint density at radius 1 is 1.19 bits per heavy atom. The van der Waals surface area contributed by atoms with Gasteiger partial charge in [-0.05, 0) is 37.4 Å². The van der Waals surface area contributed by atoms with Crippen LogP contribution in [0.4, 0.5) is 10.3 Å². The summed E-state index contributed by atoms with van der Waals surface area (Å²) in [5, 5.41) is 3.43. The molecule has 0 spiro atoms. The van der Waals surface area contributed by atoms with Crippen molar-refractivity contribution in [2.24, 2.45) is 0 Å². The lowest BCUT2D eigenvalue weighted by Crippen LogP contribution is -2.27. The number of hydrogen-bond donors (Lipinski definition) is 1. The van der Waals surface area contributed by atoms with E-state index in [1.807, 2.05) is 34.9 Å². The summed E-state index contributed by atoms with van der Waals surface area (Å²) in [5.74, 6) is -0.169. The van der Waals surface area contributed by atoms with Crippen LogP contribution in [0.1, 0.15) is 29.1 Å². The van der Waals surface area contributed by atoms with Crippen molar-refractivity contribution in [3.05, 3.63) is 58.7 Å². The number of fused-ring (bicyclic) bond motifs is 2. The number of rotatable bonds is 9. The molecule has 0 saturated heterocycles. The number of nitrogens with zero attached hydrogens (tertiary/aromatic N) is 3. The number of likely N-dealkylation sites (N-methyl/N-ethyl adjacent to an activating group) is 1. The van der Waals surface area contributed by atoms with Gasteiger partial charge < -0.3 is 14.2 Å². The van der Waals surface area contributed by atoms with Gasteiger partial charge in [0.05, 0.1) is 22.5 Å². The van der Waals surface area contributed by atoms with Gasteiger partial charge in [0.2, 0.25) is 5.95 Å². The number of thiophene rings is 1. The number of methoxy groups -OCH3 is 1. The van der Waals surface area contributed by atoms with E-state index in [-0.39, 0.29) is 18.3 Å². The fourth-order valence-electron chi connectivity index (χ4n) is 3.97. The minimum Gasteiger partial charge on any atom is -0.380 e. The lowest BCUT2D eigenvalue weighted by Gasteiger charge is -2.19. The number of carbonyl (C=O) groups is 1. The minimum absolute atomic E-state index is 0.155. The molecular weight excluding hydrogens is 427 g/mol. The van der Waals surface area contributed by atoms with Crippen LogP contribution in [0.3, 0.4) is 0 Å². The van der Waals surface area contributed by atoms with Crippen molar-refractivity contribution in [2.45, 2.75) is 27.0 Å². The fraction of sp³-hybridized carbons (Fsp3) is 0.333. The Labute approximate surface area is 190 Å². The van der Waals surface area contributed by atoms with Gasteiger partial charge in [0.1, 0.15) is 5.82 Å². The molecule has 0 saturated carbocycles. The minimum atomic E-state index is -0.351. The van der Waals surface area contributed by atoms with E-state index < -0.39 is 0 Å². The van der Waals surface area contributed by atoms with E-state index in [0.29, 0.717) is 28.3 Å². The molecule has 4 aromatic rings. The number of anilines is 1. The molecular formula is C24H27FN4O2S. The number of nitrogens with one attached hydrogen (secondary N) is 1. The molecule has 6 nitrogen and oxygen atoms in total. The van der Waals surface area contributed by atoms with Gasteiger partial charge in [-0.3, -0.25) is 10.1 Å². The highest BCUT2D eigenvalue weighted by Crippen LogP contribution is 2.34. The summed E-state index contributed by atoms with van der Waals surface area (Å²) >= 11 is 1.27. The second kappa shape index (κ2) is 9.77. The SMILES string of the molecule is CCN(CC)CCn1c(NC(=O)c2sc3cccc(F)c3c2COC)nc2ccccc21. The van der Waals surface area contributed by atoms with E-state index in [9.17, 15) is 9.18 Å². The standard InChI is InChI=1S/C24H27FN4O2S/c1-4-28(5-2)13-14-29-19-11-7-6-10-18(19)26-24(29)27-23(30)22-16(15-31-3)21-17(25)9-8-12-20(21)32-22/h6-12H,4-5,13-15H2,1-3H3,(H,26,27,30). The lowest BCUT2D eigenvalue weighted by atomic mass is 10.1. The van der Waals surface area contributed by atoms with E-state index in [1.54, 1.807) is 13.2 Å². The summed E-state index contributed by atoms with van der Waals surface area (Å²) in [6.07, 6.45) is 0. The second-order valence-electron chi connectivity index (χ2n) is 7.51. The first kappa shape index (κ1) is 22.4. The Morgan fingerprint density at radius 3 is 2.72 bits per heavy atom. The summed E-state index contributed by atoms with van der Waals surface area (Å²) in [6, 6.07) is 12.7. The monoisotopic (exact) mass is 454 g/mol. The zero-order chi connectivity index (χ0) is 22.7. The number of halogens is 1. The summed E-state index contributed by atoms with van der Waals surface area (Å²) in [4.78, 5) is 20.8. The van der Waals surface area contributed by atoms with E-state index in [1.165, 1.54) is 17.4 Å². The third-order valence-corrected chi connectivity index (χ3v) is 6.87. The largest absolute Gasteiger partial charge is 0.380 e. The molecule has 1 N–H and O–H groups in total. The highest BCUT2D eigenvalue weighted by Gasteiger charge is 2.22. The maximum Gasteiger partial charge on any atom is 0.268 e. The van der Waals surface area contributed by atoms with Crippen molar-refractivity contribution in [1.82, 2.24) is 14.5 Å². The zero-order valence-corrected chi connectivity index (χ0v) is 19.3. The number of amides is 1. The van der Waals surface area contributed by atoms with E-state index in [4.69, 9.17) is 4.74 Å². The van der Waals surface area contributed by atoms with Crippen molar-refractivity contribution in [3.63, 3.8) is 0 Å². The highest BCUT2D eigenvalue weighted by atomic mass is 32.1. The molecule has 2 heterocycles. The maximum absolute atomic E-state index is 14.5. The number of para-hydroxylation sites is 2. The van der Waals surface area contributed by atoms with Crippen LogP contribution < -0.4 is 5.32 Å². The first-order valence-electron chi connectivity index (χ1n) is 10.7. The molecule has 0 radical (unpaired) electrons. The van der Waals surface area contributed by atoms with Crippen molar-refractivity contribution in [3.8, 4) is 0 Å². The molecule has 32 heavy (non-hydrogen) atoms. The average molecular weight is 455 g/mol. The Bertz CT molecular complexity index is 1250. The summed E-state index contributed by atoms with van der Waals surface area (Å²) < 4.78 is 22.6. The van der Waals surface area contributed by atoms with Crippen molar-refractivity contribution < 1.29 is 13.9 Å². The molecule has 0 aliphatic rings. The number of imidazole rings is 1. The summed E-state index contributed by atoms with van der Waals surface area (Å²) in [6.45, 7) is 7.88. The third kappa shape index (κ3) is 4.26. The van der Waals surface area contributed by atoms with Crippen LogP contribution in [-0.4, -0.2) is 47.1 Å². The first-order valence-corrected chi connectivity index (χ1v) is 11.6. The van der Waals surface area contributed by atoms with Crippen molar-refractivity contribution in [2.75, 3.05) is 32.1 Å². The van der Waals surface area contributed by atoms with E-state index in [0.717, 1.165) is 35.4 Å². The lowest BCUT2D eigenvalue weighted by molar-refractivity contribution is 0.102. The van der Waals surface area contributed by atoms with Crippen molar-refractivity contribution in [1.29, 1.82) is 0 Å². The Morgan fingerprint density at radius 2 is 1.97 bits per heavy atom. The van der Waals surface area contributed by atoms with E-state index >= 15 is 0 Å². The van der Waals surface area contributed by atoms with Crippen molar-refractivity contribution >= 4 is 44.3 Å². The van der Waals surface area contributed by atoms with E-state index in [2.05, 4.69) is 29.0 Å². The Balaban J connectivity index is 1.71. The summed E-state index contributed by atoms with van der Waals surface area (Å²) in [5.41, 5.74) is 2.35. The van der Waals surface area contributed by atoms with Gasteiger partial charge in [0.25, 0.3) is 5.91 Å². The Kier molecular flexibility index (Phi) is 6.83. The van der Waals surface area contributed by atoms with Crippen LogP contribution in [-0.2, 0) is 17.9 Å². The molecule has 0 aliphatic carbocycles. The maximum atomic E-state index is 14.5. The number of benzene rings is 2. The molecule has 1 amide bonds. The van der Waals surface area contributed by atoms with Crippen LogP contribution in [0, 0.1) is 5.82 Å². The van der Waals surface area contributed by atoms with Crippen LogP contribution >= 0.6 is 11.3 Å². The first-order chi connectivity index (χ1) is 15.6. The molecule has 0 unspecified atom stereocenters. The van der Waals surface area contributed by atoms with Crippen LogP contribution in [0.2, 0.25) is 0 Å². The molecule has 8 heteroatoms. The number of hydrogen-bond acceptors (Lipinski definition) is 5. The van der Waals surface area contributed by atoms with Gasteiger partial charge >= 0.3 is 0 Å². The smallest absolute Gasteiger partial charge is 0.268 e. The van der Waals surface area contributed by atoms with Crippen LogP contribution in [0.5, 0.6) is 0 Å². The number of carbonyl (C=O) groups excluding carboxylic acids is 1. The molecule has 0 aliphatic heterocycles. The molecule has 2 aromatic heterocycles. The summed E-state index contributed by atoms with van der Waals surface area (Å²) in [7, 11) is 1.54. The average Bonchev–Trinajstić information content (AvgIpc) is 3.34. The van der Waals surface area contributed by atoms with Gasteiger partial charge in [0.15, 0.2) is 0 Å². The molecule has 0 fully saturated rings. The van der Waals surface area contributed by atoms with Gasteiger partial charge in [-0.2, -0.15) is 0 Å². The quantitative estimate of drug-likeness (QED) is 0.381. The molecule has 0 bridgehead atoms. The molecule has 0 atom stereocenters. The molecule has 4 rings (SSSR count). The fourth-order valence-corrected chi connectivity index (χ4v) is 5.09. The zero-order valence-electron chi connectivity index (χ0n) is 18.5. The molecule has 2 aromatic carbocycles. The predicted molar refractivity (Wildman–Crippen MR) is 128 cm³/mol. The normalized spacial score (nSPS) is 11.7. The van der Waals surface area contributed by atoms with Gasteiger partial charge in [-0.15, -0.1) is 11.3 Å². The molecule has 168 valence electrons. The number of aromatic nitrogens is 2. The highest BCUT2D eigenvalue weighted by molar-refractivity contribution is 7.21. The Hall–Kier alpha value is -2.81.